The molecule has 2 aliphatic carbocycles. The Morgan fingerprint density at radius 2 is 1.94 bits per heavy atom. The molecule has 90 valence electrons. The Hall–Kier alpha value is -0.520. The fourth-order valence-corrected chi connectivity index (χ4v) is 3.25. The highest BCUT2D eigenvalue weighted by molar-refractivity contribution is 5.19. The van der Waals surface area contributed by atoms with Crippen LogP contribution in [0.1, 0.15) is 13.3 Å². The van der Waals surface area contributed by atoms with Gasteiger partial charge in [-0.15, -0.1) is 0 Å². The molecule has 0 amide bonds. The van der Waals surface area contributed by atoms with Crippen molar-refractivity contribution in [3.63, 3.8) is 0 Å². The van der Waals surface area contributed by atoms with Gasteiger partial charge in [-0.3, -0.25) is 0 Å². The van der Waals surface area contributed by atoms with Gasteiger partial charge in [0.2, 0.25) is 5.79 Å². The molecule has 2 fully saturated rings. The second kappa shape index (κ2) is 2.83. The summed E-state index contributed by atoms with van der Waals surface area (Å²) in [5.74, 6) is -6.79. The van der Waals surface area contributed by atoms with Gasteiger partial charge in [0.25, 0.3) is 0 Å². The highest BCUT2D eigenvalue weighted by atomic mass is 19.3. The predicted octanol–water partition coefficient (Wildman–Crippen LogP) is 0.912. The molecule has 3 nitrogen and oxygen atoms in total. The van der Waals surface area contributed by atoms with Crippen LogP contribution >= 0.6 is 0 Å². The highest BCUT2D eigenvalue weighted by Crippen LogP contribution is 2.55. The number of halogens is 2. The van der Waals surface area contributed by atoms with Crippen molar-refractivity contribution in [1.29, 1.82) is 0 Å². The van der Waals surface area contributed by atoms with E-state index in [9.17, 15) is 19.0 Å². The standard InChI is InChI=1S/C11H14F2O3/c1-10(15)11(12,13)9(14)7-5-2-3-6(4-5)8(7)16-10/h2-3,5-9,14-15H,4H2,1H3. The van der Waals surface area contributed by atoms with Gasteiger partial charge >= 0.3 is 5.92 Å². The lowest BCUT2D eigenvalue weighted by Gasteiger charge is -2.48. The first-order valence-electron chi connectivity index (χ1n) is 5.49. The average Bonchev–Trinajstić information content (AvgIpc) is 2.74. The number of aliphatic hydroxyl groups excluding tert-OH is 1. The molecule has 1 saturated carbocycles. The largest absolute Gasteiger partial charge is 0.386 e. The Labute approximate surface area is 91.7 Å². The van der Waals surface area contributed by atoms with Crippen molar-refractivity contribution in [2.75, 3.05) is 0 Å². The molecule has 0 aromatic carbocycles. The van der Waals surface area contributed by atoms with E-state index >= 15 is 0 Å². The summed E-state index contributed by atoms with van der Waals surface area (Å²) >= 11 is 0. The third kappa shape index (κ3) is 1.06. The molecule has 0 spiro atoms. The van der Waals surface area contributed by atoms with Crippen LogP contribution < -0.4 is 0 Å². The Bertz CT molecular complexity index is 353. The van der Waals surface area contributed by atoms with Gasteiger partial charge in [0.15, 0.2) is 0 Å². The van der Waals surface area contributed by atoms with Gasteiger partial charge in [-0.1, -0.05) is 12.2 Å². The van der Waals surface area contributed by atoms with E-state index in [1.54, 1.807) is 0 Å². The first kappa shape index (κ1) is 10.6. The molecule has 3 rings (SSSR count). The van der Waals surface area contributed by atoms with Gasteiger partial charge in [0.05, 0.1) is 6.10 Å². The summed E-state index contributed by atoms with van der Waals surface area (Å²) in [5, 5.41) is 19.3. The summed E-state index contributed by atoms with van der Waals surface area (Å²) in [4.78, 5) is 0. The molecule has 1 saturated heterocycles. The number of hydrogen-bond acceptors (Lipinski definition) is 3. The molecule has 6 unspecified atom stereocenters. The number of hydrogen-bond donors (Lipinski definition) is 2. The summed E-state index contributed by atoms with van der Waals surface area (Å²) < 4.78 is 32.5. The lowest BCUT2D eigenvalue weighted by Crippen LogP contribution is -2.65. The SMILES string of the molecule is CC1(O)OC2C3C=CC(C3)C2C(O)C1(F)F. The molecule has 0 aromatic heterocycles. The molecular formula is C11H14F2O3. The monoisotopic (exact) mass is 232 g/mol. The van der Waals surface area contributed by atoms with Gasteiger partial charge in [-0.05, 0) is 19.3 Å². The van der Waals surface area contributed by atoms with E-state index in [4.69, 9.17) is 4.74 Å². The molecular weight excluding hydrogens is 218 g/mol. The van der Waals surface area contributed by atoms with E-state index in [2.05, 4.69) is 0 Å². The van der Waals surface area contributed by atoms with Crippen LogP contribution in [0.25, 0.3) is 0 Å². The fraction of sp³-hybridized carbons (Fsp3) is 0.818. The van der Waals surface area contributed by atoms with Crippen LogP contribution in [-0.4, -0.2) is 34.1 Å². The molecule has 5 heteroatoms. The maximum absolute atomic E-state index is 13.7. The molecule has 16 heavy (non-hydrogen) atoms. The van der Waals surface area contributed by atoms with Crippen LogP contribution in [0.15, 0.2) is 12.2 Å². The van der Waals surface area contributed by atoms with Gasteiger partial charge in [-0.25, -0.2) is 0 Å². The molecule has 1 heterocycles. The van der Waals surface area contributed by atoms with Gasteiger partial charge in [0.1, 0.15) is 6.10 Å². The number of aliphatic hydroxyl groups is 2. The minimum atomic E-state index is -3.62. The number of alkyl halides is 2. The summed E-state index contributed by atoms with van der Waals surface area (Å²) in [5.41, 5.74) is 0. The number of allylic oxidation sites excluding steroid dienone is 1. The average molecular weight is 232 g/mol. The van der Waals surface area contributed by atoms with E-state index in [0.29, 0.717) is 0 Å². The third-order valence-corrected chi connectivity index (χ3v) is 4.17. The van der Waals surface area contributed by atoms with Gasteiger partial charge in [0, 0.05) is 11.8 Å². The predicted molar refractivity (Wildman–Crippen MR) is 50.7 cm³/mol. The van der Waals surface area contributed by atoms with Crippen molar-refractivity contribution in [2.45, 2.75) is 37.3 Å². The van der Waals surface area contributed by atoms with E-state index < -0.39 is 29.8 Å². The van der Waals surface area contributed by atoms with Crippen LogP contribution in [0, 0.1) is 17.8 Å². The molecule has 6 atom stereocenters. The Kier molecular flexibility index (Phi) is 1.88. The van der Waals surface area contributed by atoms with E-state index in [-0.39, 0.29) is 11.8 Å². The highest BCUT2D eigenvalue weighted by Gasteiger charge is 2.68. The van der Waals surface area contributed by atoms with Crippen LogP contribution in [0.3, 0.4) is 0 Å². The van der Waals surface area contributed by atoms with Crippen molar-refractivity contribution in [3.8, 4) is 0 Å². The van der Waals surface area contributed by atoms with Gasteiger partial charge < -0.3 is 14.9 Å². The van der Waals surface area contributed by atoms with Crippen LogP contribution in [-0.2, 0) is 4.74 Å². The maximum atomic E-state index is 13.7. The first-order valence-corrected chi connectivity index (χ1v) is 5.49. The molecule has 3 aliphatic rings. The Balaban J connectivity index is 2.00. The number of rotatable bonds is 0. The van der Waals surface area contributed by atoms with Crippen LogP contribution in [0.4, 0.5) is 8.78 Å². The van der Waals surface area contributed by atoms with Crippen LogP contribution in [0.5, 0.6) is 0 Å². The first-order chi connectivity index (χ1) is 7.34. The zero-order valence-electron chi connectivity index (χ0n) is 8.81. The van der Waals surface area contributed by atoms with Crippen molar-refractivity contribution in [1.82, 2.24) is 0 Å². The van der Waals surface area contributed by atoms with E-state index in [1.807, 2.05) is 12.2 Å². The van der Waals surface area contributed by atoms with E-state index in [1.165, 1.54) is 0 Å². The van der Waals surface area contributed by atoms with Crippen molar-refractivity contribution >= 4 is 0 Å². The summed E-state index contributed by atoms with van der Waals surface area (Å²) in [6, 6.07) is 0. The second-order valence-corrected chi connectivity index (χ2v) is 5.16. The minimum Gasteiger partial charge on any atom is -0.386 e. The Morgan fingerprint density at radius 3 is 2.62 bits per heavy atom. The molecule has 2 N–H and O–H groups in total. The van der Waals surface area contributed by atoms with Crippen molar-refractivity contribution in [3.05, 3.63) is 12.2 Å². The molecule has 0 aromatic rings. The van der Waals surface area contributed by atoms with Crippen molar-refractivity contribution < 1.29 is 23.7 Å². The summed E-state index contributed by atoms with van der Waals surface area (Å²) in [7, 11) is 0. The lowest BCUT2D eigenvalue weighted by molar-refractivity contribution is -0.390. The van der Waals surface area contributed by atoms with Crippen LogP contribution in [0.2, 0.25) is 0 Å². The maximum Gasteiger partial charge on any atom is 0.325 e. The normalized spacial score (nSPS) is 57.7. The smallest absolute Gasteiger partial charge is 0.325 e. The number of fused-ring (bicyclic) bond motifs is 5. The molecule has 1 aliphatic heterocycles. The quantitative estimate of drug-likeness (QED) is 0.610. The minimum absolute atomic E-state index is 0.0484. The van der Waals surface area contributed by atoms with E-state index in [0.717, 1.165) is 13.3 Å². The third-order valence-electron chi connectivity index (χ3n) is 4.17. The number of ether oxygens (including phenoxy) is 1. The molecule has 2 bridgehead atoms. The van der Waals surface area contributed by atoms with Gasteiger partial charge in [-0.2, -0.15) is 8.78 Å². The summed E-state index contributed by atoms with van der Waals surface area (Å²) in [6.45, 7) is 0.919. The van der Waals surface area contributed by atoms with Crippen molar-refractivity contribution in [2.24, 2.45) is 17.8 Å². The fourth-order valence-electron chi connectivity index (χ4n) is 3.25. The topological polar surface area (TPSA) is 49.7 Å². The Morgan fingerprint density at radius 1 is 1.31 bits per heavy atom. The second-order valence-electron chi connectivity index (χ2n) is 5.16. The summed E-state index contributed by atoms with van der Waals surface area (Å²) in [6.07, 6.45) is 2.21. The zero-order valence-corrected chi connectivity index (χ0v) is 8.81. The zero-order chi connectivity index (χ0) is 11.7. The molecule has 0 radical (unpaired) electrons. The lowest BCUT2D eigenvalue weighted by atomic mass is 9.79.